The first-order chi connectivity index (χ1) is 70.6. The number of ether oxygens (including phenoxy) is 6. The Morgan fingerprint density at radius 3 is 1.28 bits per heavy atom. The van der Waals surface area contributed by atoms with Gasteiger partial charge in [-0.05, 0) is 340 Å². The number of nitrogens with one attached hydrogen (secondary N) is 2. The number of phenolic OH excluding ortho intramolecular Hbond substituents is 1. The van der Waals surface area contributed by atoms with Crippen molar-refractivity contribution in [2.24, 2.45) is 0 Å². The number of aryl methyl sites for hydroxylation is 2. The van der Waals surface area contributed by atoms with Gasteiger partial charge in [0.05, 0.1) is 111 Å². The molecule has 0 saturated heterocycles. The number of carbonyl (C=O) groups is 6. The normalized spacial score (nSPS) is 20.2. The smallest absolute Gasteiger partial charge is 0.343 e. The minimum Gasteiger partial charge on any atom is -0.508 e. The number of amides is 2. The van der Waals surface area contributed by atoms with Crippen molar-refractivity contribution < 1.29 is 86.4 Å². The van der Waals surface area contributed by atoms with Gasteiger partial charge in [0.2, 0.25) is 11.8 Å². The third kappa shape index (κ3) is 17.8. The van der Waals surface area contributed by atoms with E-state index < -0.39 is 69.7 Å². The summed E-state index contributed by atoms with van der Waals surface area (Å²) in [4.78, 5) is 146. The zero-order valence-corrected chi connectivity index (χ0v) is 89.4. The molecule has 6 N–H and O–H groups in total. The number of hydrogen-bond donors (Lipinski definition) is 6. The van der Waals surface area contributed by atoms with Gasteiger partial charge in [0.25, 0.3) is 22.2 Å². The van der Waals surface area contributed by atoms with Crippen molar-refractivity contribution in [1.29, 1.82) is 0 Å². The second kappa shape index (κ2) is 38.0. The Morgan fingerprint density at radius 1 is 0.467 bits per heavy atom. The van der Waals surface area contributed by atoms with Gasteiger partial charge in [0, 0.05) is 103 Å². The fourth-order valence-corrected chi connectivity index (χ4v) is 24.3. The lowest BCUT2D eigenvalue weighted by Gasteiger charge is -2.40. The number of ketones is 2. The minimum atomic E-state index is -1.70. The molecule has 150 heavy (non-hydrogen) atoms. The van der Waals surface area contributed by atoms with Crippen molar-refractivity contribution in [3.63, 3.8) is 0 Å². The van der Waals surface area contributed by atoms with Gasteiger partial charge in [-0.1, -0.05) is 27.7 Å². The van der Waals surface area contributed by atoms with Crippen LogP contribution in [-0.2, 0) is 153 Å². The SMILES string of the molecule is CC[C@@]1(O)C(=O)CCc2c1cc1n(c2=O)Cc2c-1cc1cc(F)c(C)c3c1c2[C@@H](NC(=O)COC(C)(C)C)CC3.CC[C@@]1(O)C(=O)CCc2c1cc1n(c2=O)Cc2cc3c(CN(C)C)c(OC(C)(C)C)ccc3nc2-1.CC[C@@]1(OC(C)(C)C)C(=O)OCc2c1cc1n(c2=O)Cc2c-1cc1cc(F)c(C)c3c1c2[C@@H](NC(=O)CO)CC3.CC[C@@]1(OC(C)(C)C)C(=O)OCc2c1cc1n(c2=O)Cc2cc3c(CN(C)C)c(O)ccc3nc2-1. The first kappa shape index (κ1) is 105. The fraction of sp³-hybridized carbons (Fsp3) is 0.458. The highest BCUT2D eigenvalue weighted by Gasteiger charge is 2.54. The molecule has 0 spiro atoms. The molecule has 0 radical (unpaired) electrons. The molecule has 30 nitrogen and oxygen atoms in total. The van der Waals surface area contributed by atoms with E-state index in [2.05, 4.69) is 21.6 Å². The number of halogens is 2. The van der Waals surface area contributed by atoms with E-state index in [0.717, 1.165) is 111 Å². The number of aromatic hydroxyl groups is 1. The molecule has 32 heteroatoms. The van der Waals surface area contributed by atoms with Gasteiger partial charge >= 0.3 is 11.9 Å². The molecule has 0 fully saturated rings. The van der Waals surface area contributed by atoms with Crippen LogP contribution in [0, 0.1) is 25.5 Å². The molecule has 6 atom stereocenters. The van der Waals surface area contributed by atoms with Gasteiger partial charge in [-0.3, -0.25) is 38.4 Å². The molecule has 0 saturated carbocycles. The summed E-state index contributed by atoms with van der Waals surface area (Å²) in [5.41, 5.74) is 12.0. The maximum atomic E-state index is 15.1. The van der Waals surface area contributed by atoms with Crippen molar-refractivity contribution in [3.05, 3.63) is 249 Å². The zero-order valence-electron chi connectivity index (χ0n) is 89.4. The Kier molecular flexibility index (Phi) is 26.7. The van der Waals surface area contributed by atoms with E-state index in [0.29, 0.717) is 173 Å². The third-order valence-electron chi connectivity index (χ3n) is 31.1. The lowest BCUT2D eigenvalue weighted by Crippen LogP contribution is -2.49. The Morgan fingerprint density at radius 2 is 0.867 bits per heavy atom. The summed E-state index contributed by atoms with van der Waals surface area (Å²) >= 11 is 0. The van der Waals surface area contributed by atoms with Crippen LogP contribution in [0.3, 0.4) is 0 Å². The van der Waals surface area contributed by atoms with E-state index >= 15 is 8.78 Å². The largest absolute Gasteiger partial charge is 0.508 e. The number of aliphatic hydroxyl groups is 3. The number of aliphatic hydroxyl groups excluding tert-OH is 1. The molecular weight excluding hydrogens is 1920 g/mol. The third-order valence-corrected chi connectivity index (χ3v) is 31.1. The molecule has 6 aliphatic heterocycles. The quantitative estimate of drug-likeness (QED) is 0.0489. The first-order valence-corrected chi connectivity index (χ1v) is 51.9. The molecule has 0 unspecified atom stereocenters. The summed E-state index contributed by atoms with van der Waals surface area (Å²) < 4.78 is 72.6. The number of fused-ring (bicyclic) bond motifs is 20. The molecular formula is C118H132F2N10O20. The van der Waals surface area contributed by atoms with Gasteiger partial charge in [-0.2, -0.15) is 0 Å². The molecule has 2 amide bonds. The van der Waals surface area contributed by atoms with E-state index in [9.17, 15) is 68.4 Å². The molecule has 0 bridgehead atoms. The minimum absolute atomic E-state index is 0.0743. The highest BCUT2D eigenvalue weighted by Crippen LogP contribution is 2.54. The summed E-state index contributed by atoms with van der Waals surface area (Å²) in [6, 6.07) is 25.0. The molecule has 10 aliphatic rings. The summed E-state index contributed by atoms with van der Waals surface area (Å²) in [5.74, 6) is -1.77. The number of esters is 2. The number of Topliss-reactive ketones (excluding diaryl/α,β-unsaturated/α-hetero) is 2. The van der Waals surface area contributed by atoms with E-state index in [4.69, 9.17) is 38.4 Å². The van der Waals surface area contributed by atoms with Crippen LogP contribution in [0.5, 0.6) is 11.5 Å². The van der Waals surface area contributed by atoms with Crippen molar-refractivity contribution in [3.8, 4) is 56.8 Å². The Balaban J connectivity index is 0.000000126. The van der Waals surface area contributed by atoms with Gasteiger partial charge < -0.3 is 87.5 Å². The number of cyclic esters (lactones) is 2. The maximum Gasteiger partial charge on any atom is 0.343 e. The van der Waals surface area contributed by atoms with Crippen molar-refractivity contribution >= 4 is 78.7 Å². The highest BCUT2D eigenvalue weighted by molar-refractivity contribution is 6.01. The van der Waals surface area contributed by atoms with Crippen LogP contribution >= 0.6 is 0 Å². The second-order valence-corrected chi connectivity index (χ2v) is 46.0. The maximum absolute atomic E-state index is 15.1. The van der Waals surface area contributed by atoms with Gasteiger partial charge in [-0.25, -0.2) is 28.3 Å². The Bertz CT molecular complexity index is 8100. The highest BCUT2D eigenvalue weighted by atomic mass is 19.1. The topological polar surface area (TPSA) is 383 Å². The number of phenols is 1. The number of nitrogens with zero attached hydrogens (tertiary/aromatic N) is 8. The summed E-state index contributed by atoms with van der Waals surface area (Å²) in [6.07, 6.45) is 4.32. The Labute approximate surface area is 867 Å². The van der Waals surface area contributed by atoms with E-state index in [-0.39, 0.29) is 127 Å². The predicted octanol–water partition coefficient (Wildman–Crippen LogP) is 16.0. The van der Waals surface area contributed by atoms with Gasteiger partial charge in [-0.15, -0.1) is 0 Å². The van der Waals surface area contributed by atoms with Crippen LogP contribution in [0.1, 0.15) is 285 Å². The lowest BCUT2D eigenvalue weighted by molar-refractivity contribution is -0.200. The van der Waals surface area contributed by atoms with Crippen LogP contribution in [0.2, 0.25) is 0 Å². The number of rotatable bonds is 16. The van der Waals surface area contributed by atoms with Crippen LogP contribution in [0.4, 0.5) is 8.78 Å². The van der Waals surface area contributed by atoms with E-state index in [1.54, 1.807) is 64.2 Å². The first-order valence-electron chi connectivity index (χ1n) is 51.9. The van der Waals surface area contributed by atoms with E-state index in [1.165, 1.54) is 12.1 Å². The summed E-state index contributed by atoms with van der Waals surface area (Å²) in [6.45, 7) is 35.4. The number of carbonyl (C=O) groups excluding carboxylic acids is 6. The number of pyridine rings is 6. The predicted molar refractivity (Wildman–Crippen MR) is 564 cm³/mol. The summed E-state index contributed by atoms with van der Waals surface area (Å²) in [7, 11) is 7.94. The number of aromatic nitrogens is 6. The number of hydrogen-bond acceptors (Lipinski definition) is 24. The fourth-order valence-electron chi connectivity index (χ4n) is 24.3. The molecule has 788 valence electrons. The zero-order chi connectivity index (χ0) is 108. The monoisotopic (exact) mass is 2050 g/mol. The van der Waals surface area contributed by atoms with Gasteiger partial charge in [0.15, 0.2) is 22.8 Å². The number of benzene rings is 6. The van der Waals surface area contributed by atoms with Crippen LogP contribution in [0.25, 0.3) is 88.6 Å². The lowest BCUT2D eigenvalue weighted by atomic mass is 9.76. The van der Waals surface area contributed by atoms with Gasteiger partial charge in [0.1, 0.15) is 66.4 Å². The molecule has 6 aromatic heterocycles. The second-order valence-electron chi connectivity index (χ2n) is 46.0. The van der Waals surface area contributed by atoms with Crippen LogP contribution < -0.4 is 37.6 Å². The van der Waals surface area contributed by atoms with Crippen molar-refractivity contribution in [2.45, 2.75) is 311 Å². The summed E-state index contributed by atoms with van der Waals surface area (Å²) in [5, 5.41) is 53.6. The molecule has 4 aliphatic carbocycles. The standard InChI is InChI=1S/C32H35FN2O5.C31H33FN2O6.C28H33N3O4.C27H31N3O5/c1-6-32(39)22-13-25-20-11-17-12-23(33)16(2)18-7-9-24(34-27(37)15-40-31(3,4)5)29(28(17)18)21(20)14-35(25)30(38)19(22)8-10-26(32)36;1-6-31(40-30(3,4)5)21-11-24-18-9-16-10-22(32)15(2)17-7-8-23(33-25(36)13-35)27(26(16)17)19(18)12-34(24)28(37)20(21)14-39-29(31)38;1-7-28(34)20-13-22-25-16(14-31(22)26(33)17(20)8-11-24(28)32)12-18-19(15-30(5)6)23(35-27(2,3)4)10-9-21(18)29-25;1-7-27(35-26(2,3)4)19-11-21-23-15(12-30(21)24(32)18(19)14-34-25(27)33)10-16-17(13-29(5)6)22(31)9-8-20(16)28-23/h11-13,24,39H,6-10,14-15H2,1-5H3,(H,34,37);9-11,23,35H,6-8,12-14H2,1-5H3,(H,33,36);9-10,12-13,34H,7-8,11,14-15H2,1-6H3;8-11,31H,7,12-14H2,1-6H3/t24-,32-;23-,31-;28-;27-/m0000/s1. The van der Waals surface area contributed by atoms with Crippen molar-refractivity contribution in [2.75, 3.05) is 41.4 Å². The van der Waals surface area contributed by atoms with Crippen LogP contribution in [0.15, 0.2) is 104 Å². The van der Waals surface area contributed by atoms with E-state index in [1.807, 2.05) is 179 Å². The molecule has 6 aromatic carbocycles. The van der Waals surface area contributed by atoms with Crippen LogP contribution in [-0.4, -0.2) is 158 Å². The molecule has 22 rings (SSSR count). The van der Waals surface area contributed by atoms with Crippen molar-refractivity contribution in [1.82, 2.24) is 48.7 Å². The Hall–Kier alpha value is -13.2. The average Bonchev–Trinajstić information content (AvgIpc) is 1.52. The average molecular weight is 2050 g/mol. The molecule has 12 aromatic rings. The molecule has 12 heterocycles.